The molecule has 0 aliphatic heterocycles. The lowest BCUT2D eigenvalue weighted by Crippen LogP contribution is -2.67. The molecule has 0 radical (unpaired) electrons. The summed E-state index contributed by atoms with van der Waals surface area (Å²) in [4.78, 5) is 13.4. The van der Waals surface area contributed by atoms with E-state index in [1.54, 1.807) is 17.1 Å². The monoisotopic (exact) mass is 477 g/mol. The summed E-state index contributed by atoms with van der Waals surface area (Å²) in [6.07, 6.45) is 12.3. The summed E-state index contributed by atoms with van der Waals surface area (Å²) in [5, 5.41) is 4.83. The Bertz CT molecular complexity index is 858. The molecule has 33 heavy (non-hydrogen) atoms. The summed E-state index contributed by atoms with van der Waals surface area (Å²) < 4.78 is 7.57. The minimum absolute atomic E-state index is 0.0117. The molecule has 4 rings (SSSR count). The third kappa shape index (κ3) is 4.10. The molecular formula is C27H44ClN3O2. The van der Waals surface area contributed by atoms with Gasteiger partial charge in [0.1, 0.15) is 0 Å². The number of aromatic nitrogens is 2. The number of carbonyl (C=O) groups excluding carboxylic acids is 1. The van der Waals surface area contributed by atoms with Crippen molar-refractivity contribution in [2.75, 3.05) is 13.7 Å². The van der Waals surface area contributed by atoms with Crippen LogP contribution in [0.5, 0.6) is 0 Å². The van der Waals surface area contributed by atoms with E-state index >= 15 is 0 Å². The largest absolute Gasteiger partial charge is 0.384 e. The number of rotatable bonds is 7. The number of hydrogen-bond acceptors (Lipinski definition) is 4. The molecule has 0 spiro atoms. The topological polar surface area (TPSA) is 70.1 Å². The van der Waals surface area contributed by atoms with Crippen molar-refractivity contribution in [2.24, 2.45) is 46.2 Å². The average molecular weight is 478 g/mol. The van der Waals surface area contributed by atoms with Gasteiger partial charge in [-0.3, -0.25) is 9.48 Å². The minimum Gasteiger partial charge on any atom is -0.384 e. The molecule has 3 aliphatic rings. The second kappa shape index (κ2) is 9.28. The first-order valence-corrected chi connectivity index (χ1v) is 13.5. The van der Waals surface area contributed by atoms with Crippen molar-refractivity contribution >= 4 is 17.4 Å². The van der Waals surface area contributed by atoms with Gasteiger partial charge in [-0.05, 0) is 80.5 Å². The molecule has 8 atom stereocenters. The molecule has 186 valence electrons. The van der Waals surface area contributed by atoms with Gasteiger partial charge in [-0.25, -0.2) is 0 Å². The lowest BCUT2D eigenvalue weighted by molar-refractivity contribution is -0.138. The Hall–Kier alpha value is -0.910. The molecule has 0 bridgehead atoms. The third-order valence-electron chi connectivity index (χ3n) is 10.6. The molecule has 0 aromatic carbocycles. The van der Waals surface area contributed by atoms with Gasteiger partial charge in [0.25, 0.3) is 0 Å². The number of halogens is 1. The van der Waals surface area contributed by atoms with Crippen LogP contribution < -0.4 is 5.73 Å². The van der Waals surface area contributed by atoms with Gasteiger partial charge in [0.2, 0.25) is 0 Å². The van der Waals surface area contributed by atoms with E-state index < -0.39 is 0 Å². The Morgan fingerprint density at radius 1 is 1.27 bits per heavy atom. The van der Waals surface area contributed by atoms with Gasteiger partial charge in [0, 0.05) is 30.2 Å². The third-order valence-corrected chi connectivity index (χ3v) is 10.8. The minimum atomic E-state index is -0.133. The van der Waals surface area contributed by atoms with Gasteiger partial charge in [-0.2, -0.15) is 5.10 Å². The number of Topliss-reactive ketones (excluding diaryl/α,β-unsaturated/α-hetero) is 1. The highest BCUT2D eigenvalue weighted by atomic mass is 35.5. The lowest BCUT2D eigenvalue weighted by Gasteiger charge is -2.63. The summed E-state index contributed by atoms with van der Waals surface area (Å²) in [7, 11) is 1.84. The maximum Gasteiger partial charge on any atom is 0.157 e. The van der Waals surface area contributed by atoms with Crippen molar-refractivity contribution in [2.45, 2.75) is 91.1 Å². The Morgan fingerprint density at radius 2 is 2.03 bits per heavy atom. The Morgan fingerprint density at radius 3 is 2.67 bits per heavy atom. The van der Waals surface area contributed by atoms with Crippen LogP contribution in [0.1, 0.15) is 79.1 Å². The highest BCUT2D eigenvalue weighted by Gasteiger charge is 2.62. The maximum absolute atomic E-state index is 13.4. The van der Waals surface area contributed by atoms with Crippen LogP contribution in [0.3, 0.4) is 0 Å². The molecule has 1 aromatic heterocycles. The van der Waals surface area contributed by atoms with Gasteiger partial charge in [0.05, 0.1) is 24.4 Å². The first-order valence-electron chi connectivity index (χ1n) is 13.1. The highest BCUT2D eigenvalue weighted by molar-refractivity contribution is 6.30. The van der Waals surface area contributed by atoms with Crippen LogP contribution in [0, 0.1) is 40.4 Å². The summed E-state index contributed by atoms with van der Waals surface area (Å²) in [6.45, 7) is 10.5. The van der Waals surface area contributed by atoms with Crippen LogP contribution >= 0.6 is 11.6 Å². The van der Waals surface area contributed by atoms with Gasteiger partial charge >= 0.3 is 0 Å². The molecule has 3 fully saturated rings. The fourth-order valence-electron chi connectivity index (χ4n) is 8.65. The number of nitrogens with zero attached hydrogens (tertiary/aromatic N) is 2. The predicted octanol–water partition coefficient (Wildman–Crippen LogP) is 5.74. The van der Waals surface area contributed by atoms with Gasteiger partial charge in [0.15, 0.2) is 5.78 Å². The average Bonchev–Trinajstić information content (AvgIpc) is 3.33. The number of ether oxygens (including phenoxy) is 1. The van der Waals surface area contributed by atoms with E-state index in [-0.39, 0.29) is 22.3 Å². The van der Waals surface area contributed by atoms with E-state index in [0.717, 1.165) is 45.1 Å². The van der Waals surface area contributed by atoms with Crippen molar-refractivity contribution in [3.05, 3.63) is 17.4 Å². The van der Waals surface area contributed by atoms with E-state index in [1.807, 2.05) is 7.11 Å². The predicted molar refractivity (Wildman–Crippen MR) is 133 cm³/mol. The summed E-state index contributed by atoms with van der Waals surface area (Å²) in [5.41, 5.74) is 7.16. The van der Waals surface area contributed by atoms with E-state index in [0.29, 0.717) is 41.0 Å². The van der Waals surface area contributed by atoms with Crippen LogP contribution in [0.2, 0.25) is 5.02 Å². The number of carbonyl (C=O) groups is 1. The molecule has 2 unspecified atom stereocenters. The van der Waals surface area contributed by atoms with Crippen LogP contribution in [-0.2, 0) is 16.1 Å². The second-order valence-corrected chi connectivity index (χ2v) is 12.4. The van der Waals surface area contributed by atoms with Crippen molar-refractivity contribution in [1.82, 2.24) is 9.78 Å². The number of hydrogen-bond donors (Lipinski definition) is 1. The first kappa shape index (κ1) is 25.2. The molecule has 6 heteroatoms. The molecule has 2 N–H and O–H groups in total. The summed E-state index contributed by atoms with van der Waals surface area (Å²) in [5.74, 6) is 2.71. The van der Waals surface area contributed by atoms with E-state index in [1.165, 1.54) is 12.8 Å². The fraction of sp³-hybridized carbons (Fsp3) is 0.852. The quantitative estimate of drug-likeness (QED) is 0.543. The zero-order chi connectivity index (χ0) is 24.0. The Labute approximate surface area is 205 Å². The van der Waals surface area contributed by atoms with Crippen molar-refractivity contribution < 1.29 is 9.53 Å². The van der Waals surface area contributed by atoms with Crippen molar-refractivity contribution in [1.29, 1.82) is 0 Å². The summed E-state index contributed by atoms with van der Waals surface area (Å²) in [6, 6.07) is 0. The number of nitrogens with two attached hydrogens (primary N) is 1. The molecule has 3 saturated carbocycles. The van der Waals surface area contributed by atoms with E-state index in [9.17, 15) is 4.79 Å². The molecule has 0 amide bonds. The smallest absolute Gasteiger partial charge is 0.157 e. The number of ketones is 1. The second-order valence-electron chi connectivity index (χ2n) is 12.0. The zero-order valence-electron chi connectivity index (χ0n) is 21.3. The molecule has 3 aliphatic carbocycles. The zero-order valence-corrected chi connectivity index (χ0v) is 22.0. The van der Waals surface area contributed by atoms with Gasteiger partial charge in [-0.15, -0.1) is 0 Å². The van der Waals surface area contributed by atoms with Crippen molar-refractivity contribution in [3.8, 4) is 0 Å². The molecule has 5 nitrogen and oxygen atoms in total. The number of methoxy groups -OCH3 is 1. The van der Waals surface area contributed by atoms with Crippen LogP contribution in [0.25, 0.3) is 0 Å². The van der Waals surface area contributed by atoms with Crippen LogP contribution in [-0.4, -0.2) is 34.8 Å². The van der Waals surface area contributed by atoms with Gasteiger partial charge < -0.3 is 10.5 Å². The normalized spacial score (nSPS) is 43.4. The van der Waals surface area contributed by atoms with E-state index in [4.69, 9.17) is 22.1 Å². The van der Waals surface area contributed by atoms with E-state index in [2.05, 4.69) is 32.8 Å². The highest BCUT2D eigenvalue weighted by Crippen LogP contribution is 2.64. The molecule has 0 saturated heterocycles. The lowest BCUT2D eigenvalue weighted by atomic mass is 9.45. The summed E-state index contributed by atoms with van der Waals surface area (Å²) >= 11 is 6.03. The fourth-order valence-corrected chi connectivity index (χ4v) is 8.81. The molecule has 1 aromatic rings. The Kier molecular flexibility index (Phi) is 7.08. The SMILES string of the molecule is CC[C@@]1(C)C([C@@H]2CC[C@]3(N)C[C@@H](C)CC[C@]3(COC)C2C)CC[C@@H]1C(=O)Cn1cc(Cl)cn1. The standard InChI is InChI=1S/C27H44ClN3O2/c1-6-25(4)22(7-8-23(25)24(32)16-31-15-20(28)14-30-31)21-10-12-27(29)13-18(2)9-11-26(27,17-33-5)19(21)3/h14-15,18-19,21-23H,6-13,16-17,29H2,1-5H3/t18-,19?,21+,22?,23+,25-,26-,27-/m0/s1. The number of fused-ring (bicyclic) bond motifs is 1. The maximum atomic E-state index is 13.4. The molecule has 1 heterocycles. The Balaban J connectivity index is 1.58. The molecular weight excluding hydrogens is 434 g/mol. The first-order chi connectivity index (χ1) is 15.6. The van der Waals surface area contributed by atoms with Gasteiger partial charge in [-0.1, -0.05) is 39.3 Å². The van der Waals surface area contributed by atoms with Crippen molar-refractivity contribution in [3.63, 3.8) is 0 Å². The van der Waals surface area contributed by atoms with Crippen LogP contribution in [0.4, 0.5) is 0 Å². The van der Waals surface area contributed by atoms with Crippen LogP contribution in [0.15, 0.2) is 12.4 Å².